The summed E-state index contributed by atoms with van der Waals surface area (Å²) < 4.78 is 0. The molecule has 1 saturated heterocycles. The van der Waals surface area contributed by atoms with Gasteiger partial charge in [-0.2, -0.15) is 0 Å². The van der Waals surface area contributed by atoms with E-state index in [1.165, 1.54) is 4.90 Å². The fourth-order valence-electron chi connectivity index (χ4n) is 3.12. The number of carbonyl (C=O) groups is 2. The third kappa shape index (κ3) is 2.35. The molecule has 0 radical (unpaired) electrons. The quantitative estimate of drug-likeness (QED) is 0.431. The fraction of sp³-hybridized carbons (Fsp3) is 0.846. The number of rotatable bonds is 5. The molecule has 1 aliphatic carbocycles. The average molecular weight is 258 g/mol. The van der Waals surface area contributed by atoms with Crippen molar-refractivity contribution >= 4 is 23.4 Å². The van der Waals surface area contributed by atoms with Gasteiger partial charge in [-0.1, -0.05) is 13.3 Å². The third-order valence-electron chi connectivity index (χ3n) is 4.17. The van der Waals surface area contributed by atoms with Crippen LogP contribution in [-0.4, -0.2) is 29.1 Å². The molecule has 0 N–H and O–H groups in total. The zero-order chi connectivity index (χ0) is 12.4. The highest BCUT2D eigenvalue weighted by molar-refractivity contribution is 6.17. The maximum absolute atomic E-state index is 12.1. The second-order valence-electron chi connectivity index (χ2n) is 5.18. The predicted molar refractivity (Wildman–Crippen MR) is 66.7 cm³/mol. The number of hydrogen-bond donors (Lipinski definition) is 0. The molecule has 0 aromatic heterocycles. The zero-order valence-corrected chi connectivity index (χ0v) is 11.1. The van der Waals surface area contributed by atoms with Gasteiger partial charge < -0.3 is 0 Å². The molecule has 2 amide bonds. The number of likely N-dealkylation sites (tertiary alicyclic amines) is 1. The van der Waals surface area contributed by atoms with Crippen LogP contribution in [0.4, 0.5) is 0 Å². The Morgan fingerprint density at radius 3 is 2.24 bits per heavy atom. The summed E-state index contributed by atoms with van der Waals surface area (Å²) in [4.78, 5) is 25.7. The predicted octanol–water partition coefficient (Wildman–Crippen LogP) is 2.43. The maximum Gasteiger partial charge on any atom is 0.233 e. The molecule has 2 aliphatic rings. The van der Waals surface area contributed by atoms with Crippen LogP contribution in [0.2, 0.25) is 0 Å². The van der Waals surface area contributed by atoms with Crippen LogP contribution in [-0.2, 0) is 9.59 Å². The summed E-state index contributed by atoms with van der Waals surface area (Å²) in [5.74, 6) is 1.30. The van der Waals surface area contributed by atoms with Crippen LogP contribution in [0.15, 0.2) is 0 Å². The molecular formula is C13H20ClNO2. The van der Waals surface area contributed by atoms with Crippen LogP contribution in [0.3, 0.4) is 0 Å². The number of halogens is 1. The van der Waals surface area contributed by atoms with E-state index in [2.05, 4.69) is 6.92 Å². The summed E-state index contributed by atoms with van der Waals surface area (Å²) >= 11 is 5.61. The van der Waals surface area contributed by atoms with Gasteiger partial charge in [0.05, 0.1) is 11.8 Å². The van der Waals surface area contributed by atoms with E-state index < -0.39 is 0 Å². The van der Waals surface area contributed by atoms with Crippen LogP contribution in [0.1, 0.15) is 39.0 Å². The largest absolute Gasteiger partial charge is 0.282 e. The lowest BCUT2D eigenvalue weighted by molar-refractivity contribution is -0.140. The van der Waals surface area contributed by atoms with Crippen molar-refractivity contribution in [2.75, 3.05) is 12.4 Å². The van der Waals surface area contributed by atoms with Gasteiger partial charge in [0.2, 0.25) is 11.8 Å². The molecule has 1 saturated carbocycles. The smallest absolute Gasteiger partial charge is 0.233 e. The summed E-state index contributed by atoms with van der Waals surface area (Å²) in [6, 6.07) is 0. The van der Waals surface area contributed by atoms with E-state index in [0.29, 0.717) is 18.3 Å². The molecule has 1 aliphatic heterocycles. The number of alkyl halides is 1. The van der Waals surface area contributed by atoms with Crippen molar-refractivity contribution in [3.05, 3.63) is 0 Å². The highest BCUT2D eigenvalue weighted by Gasteiger charge is 2.51. The lowest BCUT2D eigenvalue weighted by Gasteiger charge is -2.17. The monoisotopic (exact) mass is 257 g/mol. The van der Waals surface area contributed by atoms with Crippen molar-refractivity contribution in [2.45, 2.75) is 39.0 Å². The Labute approximate surface area is 107 Å². The summed E-state index contributed by atoms with van der Waals surface area (Å²) in [6.07, 6.45) is 4.61. The Kier molecular flexibility index (Phi) is 4.08. The number of unbranched alkanes of at least 4 members (excludes halogenated alkanes) is 1. The Bertz CT molecular complexity index is 295. The molecule has 1 heterocycles. The van der Waals surface area contributed by atoms with Crippen molar-refractivity contribution in [3.8, 4) is 0 Å². The molecule has 2 atom stereocenters. The van der Waals surface area contributed by atoms with E-state index in [1.807, 2.05) is 0 Å². The van der Waals surface area contributed by atoms with Crippen molar-refractivity contribution < 1.29 is 9.59 Å². The highest BCUT2D eigenvalue weighted by Crippen LogP contribution is 2.44. The van der Waals surface area contributed by atoms with Gasteiger partial charge in [0.25, 0.3) is 0 Å². The number of fused-ring (bicyclic) bond motifs is 1. The minimum absolute atomic E-state index is 0.0107. The van der Waals surface area contributed by atoms with E-state index in [0.717, 1.165) is 32.1 Å². The van der Waals surface area contributed by atoms with Crippen LogP contribution < -0.4 is 0 Å². The standard InChI is InChI=1S/C13H20ClNO2/c1-2-9-7-10-11(8-9)13(17)15(12(10)16)6-4-3-5-14/h9-11H,2-8H2,1H3. The molecule has 3 nitrogen and oxygen atoms in total. The third-order valence-corrected chi connectivity index (χ3v) is 4.44. The van der Waals surface area contributed by atoms with Gasteiger partial charge >= 0.3 is 0 Å². The Hall–Kier alpha value is -0.570. The Morgan fingerprint density at radius 2 is 1.76 bits per heavy atom. The number of amides is 2. The molecular weight excluding hydrogens is 238 g/mol. The minimum atomic E-state index is -0.0107. The van der Waals surface area contributed by atoms with E-state index in [1.54, 1.807) is 0 Å². The number of nitrogens with zero attached hydrogens (tertiary/aromatic N) is 1. The SMILES string of the molecule is CCC1CC2C(=O)N(CCCCCl)C(=O)C2C1. The second-order valence-corrected chi connectivity index (χ2v) is 5.56. The first-order valence-electron chi connectivity index (χ1n) is 6.60. The molecule has 17 heavy (non-hydrogen) atoms. The van der Waals surface area contributed by atoms with Crippen LogP contribution in [0.25, 0.3) is 0 Å². The molecule has 0 bridgehead atoms. The van der Waals surface area contributed by atoms with Crippen LogP contribution in [0, 0.1) is 17.8 Å². The first kappa shape index (κ1) is 12.9. The van der Waals surface area contributed by atoms with Crippen molar-refractivity contribution in [1.29, 1.82) is 0 Å². The normalized spacial score (nSPS) is 32.4. The molecule has 2 fully saturated rings. The first-order valence-corrected chi connectivity index (χ1v) is 7.13. The van der Waals surface area contributed by atoms with Crippen LogP contribution in [0.5, 0.6) is 0 Å². The molecule has 4 heteroatoms. The summed E-state index contributed by atoms with van der Waals surface area (Å²) in [7, 11) is 0. The minimum Gasteiger partial charge on any atom is -0.282 e. The second kappa shape index (κ2) is 5.38. The van der Waals surface area contributed by atoms with Gasteiger partial charge in [0, 0.05) is 12.4 Å². The molecule has 2 unspecified atom stereocenters. The first-order chi connectivity index (χ1) is 8.19. The highest BCUT2D eigenvalue weighted by atomic mass is 35.5. The van der Waals surface area contributed by atoms with Gasteiger partial charge in [0.1, 0.15) is 0 Å². The fourth-order valence-corrected chi connectivity index (χ4v) is 3.30. The number of hydrogen-bond acceptors (Lipinski definition) is 2. The van der Waals surface area contributed by atoms with E-state index in [9.17, 15) is 9.59 Å². The van der Waals surface area contributed by atoms with Gasteiger partial charge in [0.15, 0.2) is 0 Å². The summed E-state index contributed by atoms with van der Waals surface area (Å²) in [5, 5.41) is 0. The van der Waals surface area contributed by atoms with Gasteiger partial charge in [-0.05, 0) is 31.6 Å². The lowest BCUT2D eigenvalue weighted by atomic mass is 10.00. The lowest BCUT2D eigenvalue weighted by Crippen LogP contribution is -2.33. The van der Waals surface area contributed by atoms with Gasteiger partial charge in [-0.3, -0.25) is 14.5 Å². The van der Waals surface area contributed by atoms with Crippen molar-refractivity contribution in [3.63, 3.8) is 0 Å². The molecule has 0 aromatic carbocycles. The average Bonchev–Trinajstić information content (AvgIpc) is 2.84. The topological polar surface area (TPSA) is 37.4 Å². The van der Waals surface area contributed by atoms with Gasteiger partial charge in [-0.15, -0.1) is 11.6 Å². The zero-order valence-electron chi connectivity index (χ0n) is 10.3. The molecule has 96 valence electrons. The summed E-state index contributed by atoms with van der Waals surface area (Å²) in [6.45, 7) is 2.70. The van der Waals surface area contributed by atoms with E-state index in [4.69, 9.17) is 11.6 Å². The van der Waals surface area contributed by atoms with Crippen LogP contribution >= 0.6 is 11.6 Å². The number of imide groups is 1. The maximum atomic E-state index is 12.1. The van der Waals surface area contributed by atoms with Gasteiger partial charge in [-0.25, -0.2) is 0 Å². The molecule has 0 aromatic rings. The van der Waals surface area contributed by atoms with E-state index >= 15 is 0 Å². The summed E-state index contributed by atoms with van der Waals surface area (Å²) in [5.41, 5.74) is 0. The van der Waals surface area contributed by atoms with Crippen molar-refractivity contribution in [1.82, 2.24) is 4.90 Å². The van der Waals surface area contributed by atoms with E-state index in [-0.39, 0.29) is 23.7 Å². The number of carbonyl (C=O) groups excluding carboxylic acids is 2. The van der Waals surface area contributed by atoms with Crippen molar-refractivity contribution in [2.24, 2.45) is 17.8 Å². The Morgan fingerprint density at radius 1 is 1.18 bits per heavy atom. The molecule has 2 rings (SSSR count). The Balaban J connectivity index is 1.96. The molecule has 0 spiro atoms.